The lowest BCUT2D eigenvalue weighted by atomic mass is 10.0. The standard InChI is InChI=1S/C15H9F7O2/c1-8-2-4-10(13(6-8)24-15(20,21)22)11-7-9(3-5-12(11)16)23-14(17,18)19/h2-7H,1H3. The predicted molar refractivity (Wildman–Crippen MR) is 69.9 cm³/mol. The van der Waals surface area contributed by atoms with Gasteiger partial charge in [-0.1, -0.05) is 12.1 Å². The van der Waals surface area contributed by atoms with Crippen LogP contribution in [-0.2, 0) is 0 Å². The Kier molecular flexibility index (Phi) is 4.63. The molecule has 2 nitrogen and oxygen atoms in total. The predicted octanol–water partition coefficient (Wildman–Crippen LogP) is 5.60. The summed E-state index contributed by atoms with van der Waals surface area (Å²) in [4.78, 5) is 0. The third-order valence-corrected chi connectivity index (χ3v) is 2.82. The quantitative estimate of drug-likeness (QED) is 0.668. The molecular formula is C15H9F7O2. The fourth-order valence-electron chi connectivity index (χ4n) is 1.97. The number of aryl methyl sites for hydroxylation is 1. The molecular weight excluding hydrogens is 345 g/mol. The molecule has 0 amide bonds. The Morgan fingerprint density at radius 3 is 1.96 bits per heavy atom. The zero-order valence-corrected chi connectivity index (χ0v) is 11.9. The Hall–Kier alpha value is -2.45. The van der Waals surface area contributed by atoms with Gasteiger partial charge < -0.3 is 9.47 Å². The molecule has 9 heteroatoms. The summed E-state index contributed by atoms with van der Waals surface area (Å²) in [6.07, 6.45) is -10.1. The van der Waals surface area contributed by atoms with Crippen LogP contribution in [0.5, 0.6) is 11.5 Å². The van der Waals surface area contributed by atoms with Crippen molar-refractivity contribution in [3.63, 3.8) is 0 Å². The smallest absolute Gasteiger partial charge is 0.406 e. The topological polar surface area (TPSA) is 18.5 Å². The van der Waals surface area contributed by atoms with Crippen molar-refractivity contribution >= 4 is 0 Å². The van der Waals surface area contributed by atoms with Crippen molar-refractivity contribution in [2.75, 3.05) is 0 Å². The van der Waals surface area contributed by atoms with Crippen LogP contribution < -0.4 is 9.47 Å². The maximum absolute atomic E-state index is 13.9. The molecule has 0 aromatic heterocycles. The number of benzene rings is 2. The van der Waals surface area contributed by atoms with Crippen molar-refractivity contribution in [1.82, 2.24) is 0 Å². The molecule has 2 aromatic rings. The van der Waals surface area contributed by atoms with Gasteiger partial charge in [-0.3, -0.25) is 0 Å². The molecule has 0 aliphatic carbocycles. The molecule has 0 saturated carbocycles. The van der Waals surface area contributed by atoms with E-state index in [-0.39, 0.29) is 5.56 Å². The van der Waals surface area contributed by atoms with Gasteiger partial charge in [0.1, 0.15) is 17.3 Å². The highest BCUT2D eigenvalue weighted by Gasteiger charge is 2.33. The summed E-state index contributed by atoms with van der Waals surface area (Å²) in [5.74, 6) is -2.52. The van der Waals surface area contributed by atoms with Crippen molar-refractivity contribution in [2.24, 2.45) is 0 Å². The average molecular weight is 354 g/mol. The van der Waals surface area contributed by atoms with Crippen LogP contribution in [0, 0.1) is 12.7 Å². The van der Waals surface area contributed by atoms with E-state index in [4.69, 9.17) is 0 Å². The van der Waals surface area contributed by atoms with Gasteiger partial charge in [0.25, 0.3) is 0 Å². The van der Waals surface area contributed by atoms with Crippen molar-refractivity contribution in [3.05, 3.63) is 47.8 Å². The van der Waals surface area contributed by atoms with E-state index in [0.717, 1.165) is 12.1 Å². The summed E-state index contributed by atoms with van der Waals surface area (Å²) >= 11 is 0. The van der Waals surface area contributed by atoms with Crippen LogP contribution in [0.4, 0.5) is 30.7 Å². The third-order valence-electron chi connectivity index (χ3n) is 2.82. The van der Waals surface area contributed by atoms with Gasteiger partial charge in [0.05, 0.1) is 0 Å². The first-order chi connectivity index (χ1) is 10.9. The zero-order valence-electron chi connectivity index (χ0n) is 11.9. The molecule has 0 unspecified atom stereocenters. The highest BCUT2D eigenvalue weighted by molar-refractivity contribution is 5.72. The fraction of sp³-hybridized carbons (Fsp3) is 0.200. The Morgan fingerprint density at radius 1 is 0.750 bits per heavy atom. The molecule has 0 aliphatic heterocycles. The molecule has 2 rings (SSSR count). The van der Waals surface area contributed by atoms with Gasteiger partial charge in [-0.25, -0.2) is 4.39 Å². The Labute approximate surface area is 131 Å². The highest BCUT2D eigenvalue weighted by Crippen LogP contribution is 2.38. The molecule has 0 heterocycles. The van der Waals surface area contributed by atoms with Crippen molar-refractivity contribution in [2.45, 2.75) is 19.6 Å². The van der Waals surface area contributed by atoms with E-state index in [1.165, 1.54) is 13.0 Å². The molecule has 24 heavy (non-hydrogen) atoms. The molecule has 0 bridgehead atoms. The largest absolute Gasteiger partial charge is 0.573 e. The fourth-order valence-corrected chi connectivity index (χ4v) is 1.97. The van der Waals surface area contributed by atoms with E-state index in [2.05, 4.69) is 9.47 Å². The van der Waals surface area contributed by atoms with E-state index in [1.807, 2.05) is 0 Å². The molecule has 0 fully saturated rings. The molecule has 0 atom stereocenters. The third kappa shape index (κ3) is 4.77. The summed E-state index contributed by atoms with van der Waals surface area (Å²) in [5.41, 5.74) is -0.486. The molecule has 0 saturated heterocycles. The first-order valence-corrected chi connectivity index (χ1v) is 6.37. The van der Waals surface area contributed by atoms with Gasteiger partial charge in [-0.2, -0.15) is 0 Å². The van der Waals surface area contributed by atoms with Crippen LogP contribution in [0.3, 0.4) is 0 Å². The number of halogens is 7. The normalized spacial score (nSPS) is 12.2. The lowest BCUT2D eigenvalue weighted by Gasteiger charge is -2.16. The van der Waals surface area contributed by atoms with E-state index >= 15 is 0 Å². The first-order valence-electron chi connectivity index (χ1n) is 6.37. The van der Waals surface area contributed by atoms with Gasteiger partial charge in [-0.15, -0.1) is 26.3 Å². The minimum Gasteiger partial charge on any atom is -0.406 e. The maximum Gasteiger partial charge on any atom is 0.573 e. The van der Waals surface area contributed by atoms with Crippen LogP contribution in [0.1, 0.15) is 5.56 Å². The van der Waals surface area contributed by atoms with E-state index in [1.54, 1.807) is 0 Å². The van der Waals surface area contributed by atoms with Crippen LogP contribution in [-0.4, -0.2) is 12.7 Å². The number of ether oxygens (including phenoxy) is 2. The Balaban J connectivity index is 2.53. The minimum atomic E-state index is -5.04. The van der Waals surface area contributed by atoms with Crippen LogP contribution in [0.25, 0.3) is 11.1 Å². The summed E-state index contributed by atoms with van der Waals surface area (Å²) in [6, 6.07) is 5.51. The Morgan fingerprint density at radius 2 is 1.38 bits per heavy atom. The molecule has 0 spiro atoms. The van der Waals surface area contributed by atoms with Crippen LogP contribution in [0.15, 0.2) is 36.4 Å². The van der Waals surface area contributed by atoms with Crippen molar-refractivity contribution in [3.8, 4) is 22.6 Å². The summed E-state index contributed by atoms with van der Waals surface area (Å²) in [5, 5.41) is 0. The van der Waals surface area contributed by atoms with Crippen molar-refractivity contribution < 1.29 is 40.2 Å². The van der Waals surface area contributed by atoms with Crippen LogP contribution >= 0.6 is 0 Å². The van der Waals surface area contributed by atoms with Gasteiger partial charge >= 0.3 is 12.7 Å². The number of rotatable bonds is 3. The molecule has 0 N–H and O–H groups in total. The van der Waals surface area contributed by atoms with E-state index in [0.29, 0.717) is 23.8 Å². The summed E-state index contributed by atoms with van der Waals surface area (Å²) in [7, 11) is 0. The maximum atomic E-state index is 13.9. The monoisotopic (exact) mass is 354 g/mol. The van der Waals surface area contributed by atoms with Gasteiger partial charge in [-0.05, 0) is 36.8 Å². The first kappa shape index (κ1) is 17.9. The molecule has 2 aromatic carbocycles. The van der Waals surface area contributed by atoms with Gasteiger partial charge in [0.2, 0.25) is 0 Å². The second kappa shape index (κ2) is 6.21. The summed E-state index contributed by atoms with van der Waals surface area (Å²) < 4.78 is 95.6. The second-order valence-electron chi connectivity index (χ2n) is 4.74. The van der Waals surface area contributed by atoms with Gasteiger partial charge in [0, 0.05) is 11.1 Å². The van der Waals surface area contributed by atoms with Gasteiger partial charge in [0.15, 0.2) is 0 Å². The van der Waals surface area contributed by atoms with Crippen molar-refractivity contribution in [1.29, 1.82) is 0 Å². The molecule has 0 aliphatic rings. The number of hydrogen-bond donors (Lipinski definition) is 0. The molecule has 0 radical (unpaired) electrons. The number of hydrogen-bond acceptors (Lipinski definition) is 2. The number of alkyl halides is 6. The molecule has 130 valence electrons. The average Bonchev–Trinajstić information content (AvgIpc) is 2.38. The lowest BCUT2D eigenvalue weighted by molar-refractivity contribution is -0.275. The SMILES string of the molecule is Cc1ccc(-c2cc(OC(F)(F)F)ccc2F)c(OC(F)(F)F)c1. The second-order valence-corrected chi connectivity index (χ2v) is 4.74. The summed E-state index contributed by atoms with van der Waals surface area (Å²) in [6.45, 7) is 1.48. The lowest BCUT2D eigenvalue weighted by Crippen LogP contribution is -2.18. The zero-order chi connectivity index (χ0) is 18.1. The highest BCUT2D eigenvalue weighted by atomic mass is 19.4. The van der Waals surface area contributed by atoms with E-state index < -0.39 is 35.6 Å². The Bertz CT molecular complexity index is 736. The van der Waals surface area contributed by atoms with Crippen LogP contribution in [0.2, 0.25) is 0 Å². The minimum absolute atomic E-state index is 0.358. The van der Waals surface area contributed by atoms with E-state index in [9.17, 15) is 30.7 Å².